The maximum Gasteiger partial charge on any atom is 0.318 e. The van der Waals surface area contributed by atoms with E-state index in [0.717, 1.165) is 6.42 Å². The number of carbonyl (C=O) groups excluding carboxylic acids is 1. The van der Waals surface area contributed by atoms with Gasteiger partial charge in [0.15, 0.2) is 0 Å². The van der Waals surface area contributed by atoms with Crippen LogP contribution in [0, 0.1) is 0 Å². The van der Waals surface area contributed by atoms with Crippen LogP contribution in [0.2, 0.25) is 0 Å². The molecule has 1 heterocycles. The number of rotatable bonds is 5. The monoisotopic (exact) mass is 214 g/mol. The first kappa shape index (κ1) is 12.0. The number of ether oxygens (including phenoxy) is 1. The number of nitrogens with one attached hydrogen (secondary N) is 1. The van der Waals surface area contributed by atoms with Gasteiger partial charge in [0.05, 0.1) is 19.3 Å². The lowest BCUT2D eigenvalue weighted by Crippen LogP contribution is -2.46. The van der Waals surface area contributed by atoms with Gasteiger partial charge in [-0.15, -0.1) is 6.58 Å². The molecule has 2 amide bonds. The third-order valence-electron chi connectivity index (χ3n) is 2.26. The second-order valence-corrected chi connectivity index (χ2v) is 3.47. The number of aliphatic hydroxyl groups excluding tert-OH is 1. The molecule has 0 aromatic carbocycles. The zero-order valence-corrected chi connectivity index (χ0v) is 8.82. The van der Waals surface area contributed by atoms with Gasteiger partial charge >= 0.3 is 6.03 Å². The zero-order valence-electron chi connectivity index (χ0n) is 8.82. The number of aliphatic hydroxyl groups is 1. The third-order valence-corrected chi connectivity index (χ3v) is 2.26. The van der Waals surface area contributed by atoms with E-state index in [-0.39, 0.29) is 18.7 Å². The highest BCUT2D eigenvalue weighted by Gasteiger charge is 2.20. The zero-order chi connectivity index (χ0) is 11.1. The Bertz CT molecular complexity index is 215. The van der Waals surface area contributed by atoms with Gasteiger partial charge in [-0.1, -0.05) is 6.08 Å². The second kappa shape index (κ2) is 6.42. The Balaban J connectivity index is 2.36. The Morgan fingerprint density at radius 1 is 1.73 bits per heavy atom. The van der Waals surface area contributed by atoms with Gasteiger partial charge in [-0.2, -0.15) is 0 Å². The van der Waals surface area contributed by atoms with Crippen LogP contribution in [0.25, 0.3) is 0 Å². The van der Waals surface area contributed by atoms with Gasteiger partial charge in [-0.25, -0.2) is 4.79 Å². The van der Waals surface area contributed by atoms with Gasteiger partial charge in [-0.3, -0.25) is 0 Å². The first-order valence-corrected chi connectivity index (χ1v) is 5.13. The number of nitrogens with zero attached hydrogens (tertiary/aromatic N) is 1. The van der Waals surface area contributed by atoms with Gasteiger partial charge < -0.3 is 20.1 Å². The summed E-state index contributed by atoms with van der Waals surface area (Å²) < 4.78 is 5.15. The standard InChI is InChI=1S/C10H18N2O3/c1-2-4-12(5-6-13)10(14)11-9-3-7-15-8-9/h2,9,13H,1,3-8H2,(H,11,14). The molecule has 1 unspecified atom stereocenters. The summed E-state index contributed by atoms with van der Waals surface area (Å²) in [6, 6.07) is -0.0667. The lowest BCUT2D eigenvalue weighted by molar-refractivity contribution is 0.171. The summed E-state index contributed by atoms with van der Waals surface area (Å²) in [6.07, 6.45) is 2.49. The fourth-order valence-corrected chi connectivity index (χ4v) is 1.47. The molecule has 1 aliphatic heterocycles. The number of hydrogen-bond acceptors (Lipinski definition) is 3. The molecule has 5 heteroatoms. The van der Waals surface area contributed by atoms with Crippen LogP contribution < -0.4 is 5.32 Å². The largest absolute Gasteiger partial charge is 0.395 e. The Hall–Kier alpha value is -1.07. The average Bonchev–Trinajstić information content (AvgIpc) is 2.70. The molecule has 5 nitrogen and oxygen atoms in total. The van der Waals surface area contributed by atoms with Crippen LogP contribution >= 0.6 is 0 Å². The van der Waals surface area contributed by atoms with E-state index >= 15 is 0 Å². The predicted octanol–water partition coefficient (Wildman–Crippen LogP) is -0.0348. The van der Waals surface area contributed by atoms with E-state index in [0.29, 0.717) is 26.3 Å². The molecule has 0 saturated carbocycles. The van der Waals surface area contributed by atoms with Gasteiger partial charge in [0.2, 0.25) is 0 Å². The molecule has 1 rings (SSSR count). The number of carbonyl (C=O) groups is 1. The van der Waals surface area contributed by atoms with Crippen molar-refractivity contribution in [2.24, 2.45) is 0 Å². The SMILES string of the molecule is C=CCN(CCO)C(=O)NC1CCOC1. The van der Waals surface area contributed by atoms with Crippen molar-refractivity contribution in [2.75, 3.05) is 32.9 Å². The first-order chi connectivity index (χ1) is 7.27. The maximum atomic E-state index is 11.7. The molecule has 0 aliphatic carbocycles. The van der Waals surface area contributed by atoms with Crippen molar-refractivity contribution < 1.29 is 14.6 Å². The van der Waals surface area contributed by atoms with E-state index in [9.17, 15) is 4.79 Å². The summed E-state index contributed by atoms with van der Waals surface area (Å²) in [7, 11) is 0. The van der Waals surface area contributed by atoms with E-state index in [1.807, 2.05) is 0 Å². The van der Waals surface area contributed by atoms with Gasteiger partial charge in [0.1, 0.15) is 0 Å². The predicted molar refractivity (Wildman–Crippen MR) is 56.6 cm³/mol. The summed E-state index contributed by atoms with van der Waals surface area (Å²) in [6.45, 7) is 5.58. The van der Waals surface area contributed by atoms with Crippen LogP contribution in [-0.2, 0) is 4.74 Å². The summed E-state index contributed by atoms with van der Waals surface area (Å²) in [5, 5.41) is 11.6. The topological polar surface area (TPSA) is 61.8 Å². The van der Waals surface area contributed by atoms with Crippen molar-refractivity contribution in [3.8, 4) is 0 Å². The Morgan fingerprint density at radius 2 is 2.53 bits per heavy atom. The molecule has 2 N–H and O–H groups in total. The van der Waals surface area contributed by atoms with Crippen LogP contribution in [0.4, 0.5) is 4.79 Å². The van der Waals surface area contributed by atoms with Crippen LogP contribution in [-0.4, -0.2) is 55.0 Å². The van der Waals surface area contributed by atoms with Crippen molar-refractivity contribution in [1.82, 2.24) is 10.2 Å². The van der Waals surface area contributed by atoms with Crippen molar-refractivity contribution >= 4 is 6.03 Å². The third kappa shape index (κ3) is 3.89. The minimum absolute atomic E-state index is 0.0393. The second-order valence-electron chi connectivity index (χ2n) is 3.47. The molecular formula is C10H18N2O3. The van der Waals surface area contributed by atoms with Crippen molar-refractivity contribution in [2.45, 2.75) is 12.5 Å². The quantitative estimate of drug-likeness (QED) is 0.631. The van der Waals surface area contributed by atoms with Crippen LogP contribution in [0.3, 0.4) is 0 Å². The smallest absolute Gasteiger partial charge is 0.318 e. The average molecular weight is 214 g/mol. The number of hydrogen-bond donors (Lipinski definition) is 2. The molecule has 86 valence electrons. The van der Waals surface area contributed by atoms with Gasteiger partial charge in [-0.05, 0) is 6.42 Å². The molecule has 0 spiro atoms. The summed E-state index contributed by atoms with van der Waals surface area (Å²) in [5.41, 5.74) is 0. The molecule has 1 aliphatic rings. The maximum absolute atomic E-state index is 11.7. The van der Waals surface area contributed by atoms with Gasteiger partial charge in [0, 0.05) is 19.7 Å². The van der Waals surface area contributed by atoms with E-state index in [4.69, 9.17) is 9.84 Å². The van der Waals surface area contributed by atoms with Crippen molar-refractivity contribution in [3.05, 3.63) is 12.7 Å². The molecule has 0 aromatic heterocycles. The van der Waals surface area contributed by atoms with E-state index in [1.165, 1.54) is 4.90 Å². The molecule has 0 aromatic rings. The lowest BCUT2D eigenvalue weighted by Gasteiger charge is -2.22. The van der Waals surface area contributed by atoms with E-state index in [1.54, 1.807) is 6.08 Å². The Labute approximate surface area is 89.7 Å². The normalized spacial score (nSPS) is 19.9. The fraction of sp³-hybridized carbons (Fsp3) is 0.700. The van der Waals surface area contributed by atoms with Crippen molar-refractivity contribution in [3.63, 3.8) is 0 Å². The molecule has 1 fully saturated rings. The summed E-state index contributed by atoms with van der Waals surface area (Å²) >= 11 is 0. The molecule has 15 heavy (non-hydrogen) atoms. The molecule has 0 bridgehead atoms. The molecule has 1 saturated heterocycles. The first-order valence-electron chi connectivity index (χ1n) is 5.13. The summed E-state index contributed by atoms with van der Waals surface area (Å²) in [5.74, 6) is 0. The van der Waals surface area contributed by atoms with Crippen LogP contribution in [0.5, 0.6) is 0 Å². The summed E-state index contributed by atoms with van der Waals surface area (Å²) in [4.78, 5) is 13.2. The van der Waals surface area contributed by atoms with Crippen LogP contribution in [0.1, 0.15) is 6.42 Å². The van der Waals surface area contributed by atoms with E-state index < -0.39 is 0 Å². The Morgan fingerprint density at radius 3 is 3.07 bits per heavy atom. The number of urea groups is 1. The number of amides is 2. The van der Waals surface area contributed by atoms with Crippen molar-refractivity contribution in [1.29, 1.82) is 0 Å². The van der Waals surface area contributed by atoms with Crippen LogP contribution in [0.15, 0.2) is 12.7 Å². The van der Waals surface area contributed by atoms with Gasteiger partial charge in [0.25, 0.3) is 0 Å². The highest BCUT2D eigenvalue weighted by molar-refractivity contribution is 5.74. The minimum Gasteiger partial charge on any atom is -0.395 e. The Kier molecular flexibility index (Phi) is 5.14. The minimum atomic E-state index is -0.167. The highest BCUT2D eigenvalue weighted by Crippen LogP contribution is 2.04. The van der Waals surface area contributed by atoms with E-state index in [2.05, 4.69) is 11.9 Å². The molecular weight excluding hydrogens is 196 g/mol. The fourth-order valence-electron chi connectivity index (χ4n) is 1.47. The molecule has 0 radical (unpaired) electrons. The molecule has 1 atom stereocenters. The highest BCUT2D eigenvalue weighted by atomic mass is 16.5. The lowest BCUT2D eigenvalue weighted by atomic mass is 10.3.